The Hall–Kier alpha value is -3.07. The second-order valence-electron chi connectivity index (χ2n) is 6.25. The molecular formula is C22H18O3. The average molecular weight is 330 g/mol. The maximum Gasteiger partial charge on any atom is 0.311 e. The number of hydrogen-bond acceptors (Lipinski definition) is 3. The molecule has 0 bridgehead atoms. The van der Waals surface area contributed by atoms with Crippen molar-refractivity contribution in [1.29, 1.82) is 0 Å². The third-order valence-electron chi connectivity index (χ3n) is 4.42. The summed E-state index contributed by atoms with van der Waals surface area (Å²) in [5.74, 6) is 0.431. The van der Waals surface area contributed by atoms with Crippen LogP contribution in [0.1, 0.15) is 24.8 Å². The van der Waals surface area contributed by atoms with Crippen molar-refractivity contribution in [2.24, 2.45) is 0 Å². The van der Waals surface area contributed by atoms with Gasteiger partial charge < -0.3 is 9.15 Å². The first-order valence-electron chi connectivity index (χ1n) is 8.37. The molecule has 0 aliphatic carbocycles. The minimum atomic E-state index is -0.233. The molecule has 0 saturated carbocycles. The lowest BCUT2D eigenvalue weighted by molar-refractivity contribution is -0.134. The first-order chi connectivity index (χ1) is 12.2. The SMILES string of the molecule is C[C@@H](CC(=O)Oc1ccc2oc3ccccc3c2c1)c1ccccc1. The zero-order chi connectivity index (χ0) is 17.2. The molecule has 1 heterocycles. The second-order valence-corrected chi connectivity index (χ2v) is 6.25. The normalized spacial score (nSPS) is 12.4. The van der Waals surface area contributed by atoms with Crippen molar-refractivity contribution < 1.29 is 13.9 Å². The number of fused-ring (bicyclic) bond motifs is 3. The van der Waals surface area contributed by atoms with E-state index in [1.54, 1.807) is 6.07 Å². The third-order valence-corrected chi connectivity index (χ3v) is 4.42. The summed E-state index contributed by atoms with van der Waals surface area (Å²) in [7, 11) is 0. The summed E-state index contributed by atoms with van der Waals surface area (Å²) in [4.78, 5) is 12.3. The summed E-state index contributed by atoms with van der Waals surface area (Å²) >= 11 is 0. The van der Waals surface area contributed by atoms with Gasteiger partial charge in [0.25, 0.3) is 0 Å². The summed E-state index contributed by atoms with van der Waals surface area (Å²) < 4.78 is 11.3. The Morgan fingerprint density at radius 2 is 1.64 bits per heavy atom. The zero-order valence-corrected chi connectivity index (χ0v) is 13.9. The van der Waals surface area contributed by atoms with Gasteiger partial charge in [-0.15, -0.1) is 0 Å². The van der Waals surface area contributed by atoms with Crippen LogP contribution < -0.4 is 4.74 Å². The Balaban J connectivity index is 1.54. The van der Waals surface area contributed by atoms with Gasteiger partial charge in [-0.2, -0.15) is 0 Å². The van der Waals surface area contributed by atoms with Gasteiger partial charge in [0, 0.05) is 10.8 Å². The van der Waals surface area contributed by atoms with E-state index in [9.17, 15) is 4.79 Å². The molecule has 3 aromatic carbocycles. The van der Waals surface area contributed by atoms with Gasteiger partial charge in [-0.3, -0.25) is 4.79 Å². The van der Waals surface area contributed by atoms with E-state index in [2.05, 4.69) is 0 Å². The average Bonchev–Trinajstić information content (AvgIpc) is 3.00. The van der Waals surface area contributed by atoms with Gasteiger partial charge in [0.2, 0.25) is 0 Å². The van der Waals surface area contributed by atoms with Gasteiger partial charge in [-0.25, -0.2) is 0 Å². The number of furan rings is 1. The number of rotatable bonds is 4. The molecule has 0 spiro atoms. The van der Waals surface area contributed by atoms with Gasteiger partial charge in [0.1, 0.15) is 16.9 Å². The predicted molar refractivity (Wildman–Crippen MR) is 98.8 cm³/mol. The van der Waals surface area contributed by atoms with E-state index in [0.717, 1.165) is 27.5 Å². The Kier molecular flexibility index (Phi) is 3.98. The fourth-order valence-electron chi connectivity index (χ4n) is 3.09. The molecule has 0 amide bonds. The predicted octanol–water partition coefficient (Wildman–Crippen LogP) is 5.69. The Bertz CT molecular complexity index is 1030. The summed E-state index contributed by atoms with van der Waals surface area (Å²) in [5, 5.41) is 1.98. The first kappa shape index (κ1) is 15.5. The molecule has 1 atom stereocenters. The van der Waals surface area contributed by atoms with Crippen LogP contribution >= 0.6 is 0 Å². The molecule has 1 aromatic heterocycles. The highest BCUT2D eigenvalue weighted by atomic mass is 16.5. The van der Waals surface area contributed by atoms with Gasteiger partial charge in [-0.05, 0) is 35.7 Å². The highest BCUT2D eigenvalue weighted by Gasteiger charge is 2.14. The lowest BCUT2D eigenvalue weighted by Gasteiger charge is -2.11. The van der Waals surface area contributed by atoms with E-state index >= 15 is 0 Å². The summed E-state index contributed by atoms with van der Waals surface area (Å²) in [6, 6.07) is 23.3. The van der Waals surface area contributed by atoms with E-state index < -0.39 is 0 Å². The van der Waals surface area contributed by atoms with Crippen LogP contribution in [0.25, 0.3) is 21.9 Å². The van der Waals surface area contributed by atoms with Crippen LogP contribution in [0.3, 0.4) is 0 Å². The van der Waals surface area contributed by atoms with Crippen LogP contribution in [0, 0.1) is 0 Å². The number of ether oxygens (including phenoxy) is 1. The standard InChI is InChI=1S/C22H18O3/c1-15(16-7-3-2-4-8-16)13-22(23)24-17-11-12-21-19(14-17)18-9-5-6-10-20(18)25-21/h2-12,14-15H,13H2,1H3/t15-/m0/s1. The maximum absolute atomic E-state index is 12.3. The molecule has 0 unspecified atom stereocenters. The van der Waals surface area contributed by atoms with Gasteiger partial charge in [0.15, 0.2) is 0 Å². The smallest absolute Gasteiger partial charge is 0.311 e. The number of hydrogen-bond donors (Lipinski definition) is 0. The highest BCUT2D eigenvalue weighted by Crippen LogP contribution is 2.31. The molecule has 4 aromatic rings. The maximum atomic E-state index is 12.3. The van der Waals surface area contributed by atoms with E-state index in [1.807, 2.05) is 73.7 Å². The van der Waals surface area contributed by atoms with E-state index in [4.69, 9.17) is 9.15 Å². The van der Waals surface area contributed by atoms with Crippen LogP contribution in [0.4, 0.5) is 0 Å². The molecular weight excluding hydrogens is 312 g/mol. The highest BCUT2D eigenvalue weighted by molar-refractivity contribution is 6.05. The van der Waals surface area contributed by atoms with Crippen LogP contribution in [-0.2, 0) is 4.79 Å². The topological polar surface area (TPSA) is 39.4 Å². The van der Waals surface area contributed by atoms with Crippen LogP contribution in [-0.4, -0.2) is 5.97 Å². The van der Waals surface area contributed by atoms with Crippen molar-refractivity contribution in [2.45, 2.75) is 19.3 Å². The van der Waals surface area contributed by atoms with Crippen molar-refractivity contribution in [2.75, 3.05) is 0 Å². The largest absolute Gasteiger partial charge is 0.456 e. The van der Waals surface area contributed by atoms with Crippen LogP contribution in [0.2, 0.25) is 0 Å². The minimum Gasteiger partial charge on any atom is -0.456 e. The molecule has 0 aliphatic heterocycles. The van der Waals surface area contributed by atoms with Crippen molar-refractivity contribution >= 4 is 27.9 Å². The van der Waals surface area contributed by atoms with E-state index in [0.29, 0.717) is 12.2 Å². The zero-order valence-electron chi connectivity index (χ0n) is 13.9. The molecule has 0 N–H and O–H groups in total. The minimum absolute atomic E-state index is 0.118. The molecule has 0 aliphatic rings. The Morgan fingerprint density at radius 3 is 2.48 bits per heavy atom. The summed E-state index contributed by atoms with van der Waals surface area (Å²) in [6.45, 7) is 2.03. The first-order valence-corrected chi connectivity index (χ1v) is 8.37. The Morgan fingerprint density at radius 1 is 0.920 bits per heavy atom. The summed E-state index contributed by atoms with van der Waals surface area (Å²) in [6.07, 6.45) is 0.341. The fourth-order valence-corrected chi connectivity index (χ4v) is 3.09. The molecule has 0 saturated heterocycles. The van der Waals surface area contributed by atoms with Crippen molar-refractivity contribution in [1.82, 2.24) is 0 Å². The molecule has 124 valence electrons. The number of benzene rings is 3. The molecule has 4 rings (SSSR count). The molecule has 0 fully saturated rings. The van der Waals surface area contributed by atoms with Crippen molar-refractivity contribution in [3.8, 4) is 5.75 Å². The molecule has 3 heteroatoms. The van der Waals surface area contributed by atoms with Gasteiger partial charge in [0.05, 0.1) is 6.42 Å². The number of esters is 1. The third kappa shape index (κ3) is 3.13. The van der Waals surface area contributed by atoms with E-state index in [-0.39, 0.29) is 11.9 Å². The van der Waals surface area contributed by atoms with Gasteiger partial charge in [-0.1, -0.05) is 55.5 Å². The van der Waals surface area contributed by atoms with Crippen molar-refractivity contribution in [3.05, 3.63) is 78.4 Å². The van der Waals surface area contributed by atoms with Crippen LogP contribution in [0.5, 0.6) is 5.75 Å². The Labute approximate surface area is 145 Å². The fraction of sp³-hybridized carbons (Fsp3) is 0.136. The number of carbonyl (C=O) groups is 1. The second kappa shape index (κ2) is 6.44. The molecule has 3 nitrogen and oxygen atoms in total. The lowest BCUT2D eigenvalue weighted by Crippen LogP contribution is -2.11. The lowest BCUT2D eigenvalue weighted by atomic mass is 9.98. The van der Waals surface area contributed by atoms with Gasteiger partial charge >= 0.3 is 5.97 Å². The number of carbonyl (C=O) groups excluding carboxylic acids is 1. The van der Waals surface area contributed by atoms with Crippen molar-refractivity contribution in [3.63, 3.8) is 0 Å². The van der Waals surface area contributed by atoms with Crippen LogP contribution in [0.15, 0.2) is 77.2 Å². The summed E-state index contributed by atoms with van der Waals surface area (Å²) in [5.41, 5.74) is 2.76. The monoisotopic (exact) mass is 330 g/mol. The van der Waals surface area contributed by atoms with E-state index in [1.165, 1.54) is 0 Å². The number of para-hydroxylation sites is 1. The molecule has 25 heavy (non-hydrogen) atoms. The quantitative estimate of drug-likeness (QED) is 0.357. The molecule has 0 radical (unpaired) electrons.